The van der Waals surface area contributed by atoms with Crippen LogP contribution < -0.4 is 10.1 Å². The van der Waals surface area contributed by atoms with Gasteiger partial charge in [0.2, 0.25) is 5.88 Å². The number of ether oxygens (including phenoxy) is 1. The maximum Gasteiger partial charge on any atom is 0.264 e. The van der Waals surface area contributed by atoms with Crippen LogP contribution >= 0.6 is 11.3 Å². The summed E-state index contributed by atoms with van der Waals surface area (Å²) in [5.74, 6) is -4.68. The molecule has 0 atom stereocenters. The summed E-state index contributed by atoms with van der Waals surface area (Å²) in [4.78, 5) is 23.9. The first kappa shape index (κ1) is 17.2. The van der Waals surface area contributed by atoms with Gasteiger partial charge < -0.3 is 4.74 Å². The fourth-order valence-electron chi connectivity index (χ4n) is 2.41. The van der Waals surface area contributed by atoms with Gasteiger partial charge in [0.25, 0.3) is 5.91 Å². The number of thiazole rings is 1. The van der Waals surface area contributed by atoms with Gasteiger partial charge in [0.1, 0.15) is 11.8 Å². The molecule has 136 valence electrons. The van der Waals surface area contributed by atoms with Crippen molar-refractivity contribution in [3.8, 4) is 5.88 Å². The van der Waals surface area contributed by atoms with Crippen molar-refractivity contribution in [3.63, 3.8) is 0 Å². The lowest BCUT2D eigenvalue weighted by molar-refractivity contribution is -0.118. The number of benzene rings is 2. The van der Waals surface area contributed by atoms with Gasteiger partial charge in [-0.1, -0.05) is 23.5 Å². The van der Waals surface area contributed by atoms with Crippen molar-refractivity contribution in [2.75, 3.05) is 11.9 Å². The molecule has 0 aliphatic carbocycles. The van der Waals surface area contributed by atoms with Crippen molar-refractivity contribution >= 4 is 43.5 Å². The van der Waals surface area contributed by atoms with E-state index in [4.69, 9.17) is 4.74 Å². The first-order valence-corrected chi connectivity index (χ1v) is 8.41. The molecule has 1 amide bonds. The molecule has 1 N–H and O–H groups in total. The van der Waals surface area contributed by atoms with Gasteiger partial charge in [-0.3, -0.25) is 10.1 Å². The van der Waals surface area contributed by atoms with E-state index < -0.39 is 23.4 Å². The van der Waals surface area contributed by atoms with Crippen molar-refractivity contribution in [3.05, 3.63) is 54.1 Å². The van der Waals surface area contributed by atoms with Gasteiger partial charge in [0, 0.05) is 0 Å². The Morgan fingerprint density at radius 1 is 1.15 bits per heavy atom. The van der Waals surface area contributed by atoms with Crippen LogP contribution in [0.25, 0.3) is 21.1 Å². The zero-order valence-corrected chi connectivity index (χ0v) is 14.2. The lowest BCUT2D eigenvalue weighted by atomic mass is 10.2. The second-order valence-electron chi connectivity index (χ2n) is 5.38. The highest BCUT2D eigenvalue weighted by Crippen LogP contribution is 2.30. The highest BCUT2D eigenvalue weighted by molar-refractivity contribution is 7.22. The second-order valence-corrected chi connectivity index (χ2v) is 6.42. The zero-order valence-electron chi connectivity index (χ0n) is 13.4. The number of nitrogens with one attached hydrogen (secondary N) is 1. The number of amides is 1. The topological polar surface area (TPSA) is 77.0 Å². The third-order valence-electron chi connectivity index (χ3n) is 3.61. The Bertz CT molecular complexity index is 1180. The van der Waals surface area contributed by atoms with Crippen LogP contribution in [0.1, 0.15) is 0 Å². The summed E-state index contributed by atoms with van der Waals surface area (Å²) in [5, 5.41) is 3.04. The summed E-state index contributed by atoms with van der Waals surface area (Å²) in [6.45, 7) is -0.387. The molecule has 4 aromatic rings. The minimum Gasteiger partial charge on any atom is -0.467 e. The van der Waals surface area contributed by atoms with E-state index in [1.54, 1.807) is 18.2 Å². The van der Waals surface area contributed by atoms with Crippen LogP contribution in [0.5, 0.6) is 5.88 Å². The minimum atomic E-state index is -1.61. The van der Waals surface area contributed by atoms with Crippen LogP contribution in [-0.4, -0.2) is 27.5 Å². The Labute approximate surface area is 153 Å². The predicted molar refractivity (Wildman–Crippen MR) is 93.2 cm³/mol. The molecular formula is C17H9F3N4O2S. The summed E-state index contributed by atoms with van der Waals surface area (Å²) < 4.78 is 45.7. The molecular weight excluding hydrogens is 381 g/mol. The second kappa shape index (κ2) is 6.80. The number of carbonyl (C=O) groups excluding carboxylic acids is 1. The molecule has 0 saturated carbocycles. The number of halogens is 3. The van der Waals surface area contributed by atoms with Gasteiger partial charge in [-0.15, -0.1) is 0 Å². The highest BCUT2D eigenvalue weighted by Gasteiger charge is 2.18. The molecule has 0 aliphatic heterocycles. The van der Waals surface area contributed by atoms with Crippen LogP contribution in [0.4, 0.5) is 18.3 Å². The Hall–Kier alpha value is -3.27. The number of carbonyl (C=O) groups is 1. The molecule has 0 bridgehead atoms. The quantitative estimate of drug-likeness (QED) is 0.538. The fourth-order valence-corrected chi connectivity index (χ4v) is 3.32. The summed E-state index contributed by atoms with van der Waals surface area (Å²) >= 11 is 0.816. The van der Waals surface area contributed by atoms with Gasteiger partial charge in [-0.05, 0) is 18.2 Å². The third kappa shape index (κ3) is 3.26. The van der Waals surface area contributed by atoms with Gasteiger partial charge in [0.05, 0.1) is 15.6 Å². The molecule has 2 heterocycles. The molecule has 0 unspecified atom stereocenters. The van der Waals surface area contributed by atoms with Crippen LogP contribution in [0.15, 0.2) is 36.7 Å². The SMILES string of the molecule is O=C(COc1ncnc2ccccc12)Nc1nc2c(F)c(F)c(F)cc2s1. The molecule has 0 aliphatic rings. The van der Waals surface area contributed by atoms with Gasteiger partial charge >= 0.3 is 0 Å². The monoisotopic (exact) mass is 390 g/mol. The first-order chi connectivity index (χ1) is 13.0. The Morgan fingerprint density at radius 2 is 1.96 bits per heavy atom. The molecule has 0 saturated heterocycles. The van der Waals surface area contributed by atoms with E-state index in [2.05, 4.69) is 20.3 Å². The lowest BCUT2D eigenvalue weighted by Crippen LogP contribution is -2.20. The lowest BCUT2D eigenvalue weighted by Gasteiger charge is -2.07. The van der Waals surface area contributed by atoms with E-state index in [0.717, 1.165) is 17.4 Å². The van der Waals surface area contributed by atoms with Crippen molar-refractivity contribution in [2.24, 2.45) is 0 Å². The van der Waals surface area contributed by atoms with E-state index in [-0.39, 0.29) is 27.8 Å². The van der Waals surface area contributed by atoms with E-state index in [1.807, 2.05) is 6.07 Å². The van der Waals surface area contributed by atoms with E-state index in [1.165, 1.54) is 6.33 Å². The number of nitrogens with zero attached hydrogens (tertiary/aromatic N) is 3. The van der Waals surface area contributed by atoms with Gasteiger partial charge in [0.15, 0.2) is 29.2 Å². The highest BCUT2D eigenvalue weighted by atomic mass is 32.1. The van der Waals surface area contributed by atoms with Crippen molar-refractivity contribution in [1.29, 1.82) is 0 Å². The Morgan fingerprint density at radius 3 is 2.81 bits per heavy atom. The van der Waals surface area contributed by atoms with E-state index in [0.29, 0.717) is 10.9 Å². The molecule has 27 heavy (non-hydrogen) atoms. The standard InChI is InChI=1S/C17H9F3N4O2S/c18-9-5-11-15(14(20)13(9)19)24-17(27-11)23-12(25)6-26-16-8-3-1-2-4-10(8)21-7-22-16/h1-5,7H,6H2,(H,23,24,25). The number of hydrogen-bond acceptors (Lipinski definition) is 6. The largest absolute Gasteiger partial charge is 0.467 e. The van der Waals surface area contributed by atoms with Crippen LogP contribution in [0, 0.1) is 17.5 Å². The molecule has 0 fully saturated rings. The molecule has 0 spiro atoms. The zero-order chi connectivity index (χ0) is 19.0. The Balaban J connectivity index is 1.50. The maximum atomic E-state index is 13.7. The van der Waals surface area contributed by atoms with Crippen LogP contribution in [0.3, 0.4) is 0 Å². The van der Waals surface area contributed by atoms with Crippen molar-refractivity contribution in [2.45, 2.75) is 0 Å². The van der Waals surface area contributed by atoms with E-state index >= 15 is 0 Å². The third-order valence-corrected chi connectivity index (χ3v) is 4.53. The summed E-state index contributed by atoms with van der Waals surface area (Å²) in [5.41, 5.74) is 0.311. The molecule has 6 nitrogen and oxygen atoms in total. The summed E-state index contributed by atoms with van der Waals surface area (Å²) in [6, 6.07) is 7.95. The van der Waals surface area contributed by atoms with Gasteiger partial charge in [-0.2, -0.15) is 0 Å². The molecule has 10 heteroatoms. The minimum absolute atomic E-state index is 0.00459. The molecule has 2 aromatic heterocycles. The van der Waals surface area contributed by atoms with Crippen molar-refractivity contribution in [1.82, 2.24) is 15.0 Å². The average molecular weight is 390 g/mol. The predicted octanol–water partition coefficient (Wildman–Crippen LogP) is 3.67. The number of aromatic nitrogens is 3. The van der Waals surface area contributed by atoms with E-state index in [9.17, 15) is 18.0 Å². The number of rotatable bonds is 4. The number of anilines is 1. The van der Waals surface area contributed by atoms with Crippen LogP contribution in [-0.2, 0) is 4.79 Å². The molecule has 0 radical (unpaired) electrons. The average Bonchev–Trinajstić information content (AvgIpc) is 3.06. The van der Waals surface area contributed by atoms with Crippen LogP contribution in [0.2, 0.25) is 0 Å². The summed E-state index contributed by atoms with van der Waals surface area (Å²) in [6.07, 6.45) is 1.31. The smallest absolute Gasteiger partial charge is 0.264 e. The fraction of sp³-hybridized carbons (Fsp3) is 0.0588. The first-order valence-electron chi connectivity index (χ1n) is 7.59. The van der Waals surface area contributed by atoms with Gasteiger partial charge in [-0.25, -0.2) is 28.1 Å². The Kier molecular flexibility index (Phi) is 4.32. The normalized spacial score (nSPS) is 11.1. The summed E-state index contributed by atoms with van der Waals surface area (Å²) in [7, 11) is 0. The maximum absolute atomic E-state index is 13.7. The number of fused-ring (bicyclic) bond motifs is 2. The molecule has 2 aromatic carbocycles. The molecule has 4 rings (SSSR count). The number of hydrogen-bond donors (Lipinski definition) is 1. The number of para-hydroxylation sites is 1. The van der Waals surface area contributed by atoms with Crippen molar-refractivity contribution < 1.29 is 22.7 Å².